The van der Waals surface area contributed by atoms with Gasteiger partial charge >= 0.3 is 11.8 Å². The number of ether oxygens (including phenoxy) is 2. The molecule has 0 atom stereocenters. The third kappa shape index (κ3) is 7.36. The topological polar surface area (TPSA) is 89.0 Å². The number of rotatable bonds is 8. The fourth-order valence-electron chi connectivity index (χ4n) is 2.78. The minimum Gasteiger partial charge on any atom is -0.490 e. The molecule has 0 bridgehead atoms. The van der Waals surface area contributed by atoms with Crippen LogP contribution >= 0.6 is 11.6 Å². The van der Waals surface area contributed by atoms with Gasteiger partial charge in [0.2, 0.25) is 0 Å². The molecule has 3 aromatic rings. The minimum atomic E-state index is -0.875. The number of nitrogens with zero attached hydrogens (tertiary/aromatic N) is 1. The number of benzene rings is 3. The van der Waals surface area contributed by atoms with Crippen LogP contribution in [0.3, 0.4) is 0 Å². The molecule has 0 saturated heterocycles. The SMILES string of the molecule is CCOc1cc(/C=N\NC(=O)C(=O)Nc2ccc(C)cc2)ccc1OCc1ccc(Cl)cc1. The quantitative estimate of drug-likeness (QED) is 0.286. The Morgan fingerprint density at radius 1 is 0.939 bits per heavy atom. The van der Waals surface area contributed by atoms with E-state index < -0.39 is 11.8 Å². The molecule has 0 fully saturated rings. The molecule has 0 aliphatic heterocycles. The number of amides is 2. The van der Waals surface area contributed by atoms with Crippen LogP contribution in [0.5, 0.6) is 11.5 Å². The zero-order valence-corrected chi connectivity index (χ0v) is 19.1. The van der Waals surface area contributed by atoms with E-state index in [0.29, 0.717) is 41.0 Å². The first kappa shape index (κ1) is 23.8. The Labute approximate surface area is 197 Å². The van der Waals surface area contributed by atoms with Crippen molar-refractivity contribution in [2.24, 2.45) is 5.10 Å². The average Bonchev–Trinajstić information content (AvgIpc) is 2.81. The number of hydrogen-bond acceptors (Lipinski definition) is 5. The summed E-state index contributed by atoms with van der Waals surface area (Å²) in [5, 5.41) is 7.03. The highest BCUT2D eigenvalue weighted by molar-refractivity contribution is 6.39. The molecule has 3 aromatic carbocycles. The largest absolute Gasteiger partial charge is 0.490 e. The number of aryl methyl sites for hydroxylation is 1. The molecule has 0 aromatic heterocycles. The van der Waals surface area contributed by atoms with Crippen LogP contribution in [0.4, 0.5) is 5.69 Å². The molecule has 0 heterocycles. The van der Waals surface area contributed by atoms with Crippen molar-refractivity contribution >= 4 is 35.3 Å². The van der Waals surface area contributed by atoms with Gasteiger partial charge in [0.05, 0.1) is 12.8 Å². The van der Waals surface area contributed by atoms with Gasteiger partial charge in [0.25, 0.3) is 0 Å². The van der Waals surface area contributed by atoms with E-state index in [1.807, 2.05) is 38.1 Å². The van der Waals surface area contributed by atoms with Crippen LogP contribution in [0.15, 0.2) is 71.8 Å². The Kier molecular flexibility index (Phi) is 8.43. The summed E-state index contributed by atoms with van der Waals surface area (Å²) in [6, 6.07) is 19.8. The number of carbonyl (C=O) groups is 2. The van der Waals surface area contributed by atoms with Gasteiger partial charge in [0.1, 0.15) is 6.61 Å². The van der Waals surface area contributed by atoms with Crippen molar-refractivity contribution in [2.75, 3.05) is 11.9 Å². The molecular formula is C25H24ClN3O4. The van der Waals surface area contributed by atoms with Gasteiger partial charge in [-0.05, 0) is 67.4 Å². The highest BCUT2D eigenvalue weighted by Crippen LogP contribution is 2.29. The standard InChI is InChI=1S/C25H24ClN3O4/c1-3-32-23-14-19(8-13-22(23)33-16-18-6-9-20(26)10-7-18)15-27-29-25(31)24(30)28-21-11-4-17(2)5-12-21/h4-15H,3,16H2,1-2H3,(H,28,30)(H,29,31)/b27-15-. The first-order valence-electron chi connectivity index (χ1n) is 10.3. The van der Waals surface area contributed by atoms with Crippen molar-refractivity contribution in [1.29, 1.82) is 0 Å². The fraction of sp³-hybridized carbons (Fsp3) is 0.160. The molecule has 0 radical (unpaired) electrons. The molecule has 170 valence electrons. The minimum absolute atomic E-state index is 0.358. The van der Waals surface area contributed by atoms with Crippen LogP contribution in [-0.2, 0) is 16.2 Å². The number of hydrazone groups is 1. The monoisotopic (exact) mass is 465 g/mol. The number of anilines is 1. The van der Waals surface area contributed by atoms with E-state index in [0.717, 1.165) is 11.1 Å². The van der Waals surface area contributed by atoms with E-state index >= 15 is 0 Å². The van der Waals surface area contributed by atoms with Gasteiger partial charge in [0, 0.05) is 10.7 Å². The van der Waals surface area contributed by atoms with Crippen LogP contribution in [0.1, 0.15) is 23.6 Å². The molecule has 3 rings (SSSR count). The molecule has 0 unspecified atom stereocenters. The summed E-state index contributed by atoms with van der Waals surface area (Å²) in [5.41, 5.74) is 5.43. The average molecular weight is 466 g/mol. The van der Waals surface area contributed by atoms with Gasteiger partial charge in [-0.15, -0.1) is 0 Å². The van der Waals surface area contributed by atoms with Crippen LogP contribution in [0, 0.1) is 6.92 Å². The van der Waals surface area contributed by atoms with Gasteiger partial charge in [0.15, 0.2) is 11.5 Å². The lowest BCUT2D eigenvalue weighted by molar-refractivity contribution is -0.136. The van der Waals surface area contributed by atoms with Crippen LogP contribution < -0.4 is 20.2 Å². The molecule has 2 amide bonds. The van der Waals surface area contributed by atoms with Crippen molar-refractivity contribution in [2.45, 2.75) is 20.5 Å². The second kappa shape index (κ2) is 11.7. The van der Waals surface area contributed by atoms with Crippen LogP contribution in [0.25, 0.3) is 0 Å². The Morgan fingerprint density at radius 3 is 2.36 bits per heavy atom. The maximum atomic E-state index is 12.0. The highest BCUT2D eigenvalue weighted by Gasteiger charge is 2.13. The van der Waals surface area contributed by atoms with Gasteiger partial charge in [-0.3, -0.25) is 9.59 Å². The summed E-state index contributed by atoms with van der Waals surface area (Å²) in [6.07, 6.45) is 1.42. The van der Waals surface area contributed by atoms with E-state index in [2.05, 4.69) is 15.8 Å². The summed E-state index contributed by atoms with van der Waals surface area (Å²) < 4.78 is 11.5. The van der Waals surface area contributed by atoms with Crippen molar-refractivity contribution in [1.82, 2.24) is 5.43 Å². The Bertz CT molecular complexity index is 1130. The summed E-state index contributed by atoms with van der Waals surface area (Å²) in [7, 11) is 0. The summed E-state index contributed by atoms with van der Waals surface area (Å²) in [5.74, 6) is -0.568. The van der Waals surface area contributed by atoms with E-state index in [-0.39, 0.29) is 0 Å². The van der Waals surface area contributed by atoms with Crippen molar-refractivity contribution in [3.63, 3.8) is 0 Å². The normalized spacial score (nSPS) is 10.6. The predicted molar refractivity (Wildman–Crippen MR) is 129 cm³/mol. The van der Waals surface area contributed by atoms with Gasteiger partial charge in [-0.2, -0.15) is 5.10 Å². The number of nitrogens with one attached hydrogen (secondary N) is 2. The zero-order chi connectivity index (χ0) is 23.6. The molecule has 8 heteroatoms. The lowest BCUT2D eigenvalue weighted by Gasteiger charge is -2.12. The smallest absolute Gasteiger partial charge is 0.329 e. The van der Waals surface area contributed by atoms with E-state index in [1.54, 1.807) is 42.5 Å². The van der Waals surface area contributed by atoms with Gasteiger partial charge in [-0.25, -0.2) is 5.43 Å². The first-order chi connectivity index (χ1) is 15.9. The Morgan fingerprint density at radius 2 is 1.67 bits per heavy atom. The van der Waals surface area contributed by atoms with Crippen molar-refractivity contribution in [3.05, 3.63) is 88.4 Å². The second-order valence-electron chi connectivity index (χ2n) is 7.07. The molecule has 2 N–H and O–H groups in total. The highest BCUT2D eigenvalue weighted by atomic mass is 35.5. The van der Waals surface area contributed by atoms with Crippen LogP contribution in [-0.4, -0.2) is 24.6 Å². The van der Waals surface area contributed by atoms with E-state index in [4.69, 9.17) is 21.1 Å². The van der Waals surface area contributed by atoms with E-state index in [1.165, 1.54) is 6.21 Å². The molecule has 0 spiro atoms. The maximum Gasteiger partial charge on any atom is 0.329 e. The number of halogens is 1. The van der Waals surface area contributed by atoms with Crippen molar-refractivity contribution < 1.29 is 19.1 Å². The third-order valence-corrected chi connectivity index (χ3v) is 4.72. The first-order valence-corrected chi connectivity index (χ1v) is 10.7. The third-order valence-electron chi connectivity index (χ3n) is 4.47. The number of hydrogen-bond donors (Lipinski definition) is 2. The Hall–Kier alpha value is -3.84. The number of carbonyl (C=O) groups excluding carboxylic acids is 2. The molecule has 0 saturated carbocycles. The van der Waals surface area contributed by atoms with Crippen molar-refractivity contribution in [3.8, 4) is 11.5 Å². The summed E-state index contributed by atoms with van der Waals surface area (Å²) in [6.45, 7) is 4.61. The lowest BCUT2D eigenvalue weighted by Crippen LogP contribution is -2.32. The maximum absolute atomic E-state index is 12.0. The van der Waals surface area contributed by atoms with Gasteiger partial charge < -0.3 is 14.8 Å². The molecule has 0 aliphatic rings. The second-order valence-corrected chi connectivity index (χ2v) is 7.51. The Balaban J connectivity index is 1.58. The van der Waals surface area contributed by atoms with Gasteiger partial charge in [-0.1, -0.05) is 41.4 Å². The molecule has 7 nitrogen and oxygen atoms in total. The van der Waals surface area contributed by atoms with E-state index in [9.17, 15) is 9.59 Å². The molecule has 0 aliphatic carbocycles. The fourth-order valence-corrected chi connectivity index (χ4v) is 2.90. The molecule has 33 heavy (non-hydrogen) atoms. The van der Waals surface area contributed by atoms with Crippen LogP contribution in [0.2, 0.25) is 5.02 Å². The zero-order valence-electron chi connectivity index (χ0n) is 18.3. The lowest BCUT2D eigenvalue weighted by atomic mass is 10.2. The summed E-state index contributed by atoms with van der Waals surface area (Å²) >= 11 is 5.91. The predicted octanol–water partition coefficient (Wildman–Crippen LogP) is 4.71. The summed E-state index contributed by atoms with van der Waals surface area (Å²) in [4.78, 5) is 24.0. The molecular weight excluding hydrogens is 442 g/mol.